The zero-order chi connectivity index (χ0) is 25.9. The predicted molar refractivity (Wildman–Crippen MR) is 146 cm³/mol. The van der Waals surface area contributed by atoms with Gasteiger partial charge < -0.3 is 20.8 Å². The Kier molecular flexibility index (Phi) is 5.91. The molecule has 2 aliphatic rings. The molecular formula is C29H21N7O2. The fourth-order valence-electron chi connectivity index (χ4n) is 4.10. The zero-order valence-corrected chi connectivity index (χ0v) is 19.9. The molecule has 4 aromatic rings. The third kappa shape index (κ3) is 4.51. The van der Waals surface area contributed by atoms with Gasteiger partial charge in [-0.1, -0.05) is 24.3 Å². The maximum absolute atomic E-state index is 10.7. The molecule has 4 heterocycles. The second kappa shape index (κ2) is 9.82. The number of aromatic nitrogens is 5. The first kappa shape index (κ1) is 22.9. The fraction of sp³-hybridized carbons (Fsp3) is 0. The average molecular weight is 500 g/mol. The molecule has 9 nitrogen and oxygen atoms in total. The summed E-state index contributed by atoms with van der Waals surface area (Å²) < 4.78 is 0. The van der Waals surface area contributed by atoms with Crippen molar-refractivity contribution in [3.8, 4) is 45.1 Å². The predicted octanol–water partition coefficient (Wildman–Crippen LogP) is 6.00. The van der Waals surface area contributed by atoms with Gasteiger partial charge in [-0.15, -0.1) is 0 Å². The summed E-state index contributed by atoms with van der Waals surface area (Å²) in [6, 6.07) is 21.8. The minimum absolute atomic E-state index is 0.0540. The molecule has 0 radical (unpaired) electrons. The van der Waals surface area contributed by atoms with E-state index >= 15 is 0 Å². The normalized spacial score (nSPS) is 10.8. The molecule has 4 N–H and O–H groups in total. The smallest absolute Gasteiger partial charge is 0.141 e. The van der Waals surface area contributed by atoms with Crippen LogP contribution < -0.4 is 10.6 Å². The summed E-state index contributed by atoms with van der Waals surface area (Å²) in [4.78, 5) is 21.8. The quantitative estimate of drug-likeness (QED) is 0.204. The lowest BCUT2D eigenvalue weighted by molar-refractivity contribution is 0.477. The largest absolute Gasteiger partial charge is 0.506 e. The standard InChI is InChI=1S/C29H21N7O2/c37-26-13-18(22-5-1-3-11-31-22)7-9-24(26)35-28-20-15-30-16-21(20)29(34-17-33-28)36-25-10-8-19(14-27(25)38)23-6-2-4-12-32-23/h1-17,37-38H,(H2,33,34,35,36). The maximum Gasteiger partial charge on any atom is 0.141 e. The van der Waals surface area contributed by atoms with Crippen molar-refractivity contribution < 1.29 is 10.2 Å². The third-order valence-electron chi connectivity index (χ3n) is 6.00. The van der Waals surface area contributed by atoms with E-state index in [4.69, 9.17) is 0 Å². The lowest BCUT2D eigenvalue weighted by Gasteiger charge is -2.12. The number of anilines is 4. The summed E-state index contributed by atoms with van der Waals surface area (Å²) in [6.45, 7) is 0. The van der Waals surface area contributed by atoms with Crippen LogP contribution in [0.2, 0.25) is 0 Å². The van der Waals surface area contributed by atoms with Crippen LogP contribution in [0.3, 0.4) is 0 Å². The van der Waals surface area contributed by atoms with Crippen molar-refractivity contribution in [2.24, 2.45) is 0 Å². The molecule has 184 valence electrons. The number of rotatable bonds is 6. The van der Waals surface area contributed by atoms with E-state index in [2.05, 4.69) is 35.6 Å². The summed E-state index contributed by atoms with van der Waals surface area (Å²) in [5, 5.41) is 27.7. The van der Waals surface area contributed by atoms with Crippen LogP contribution in [0, 0.1) is 0 Å². The van der Waals surface area contributed by atoms with Crippen LogP contribution in [-0.4, -0.2) is 35.1 Å². The molecule has 2 aliphatic heterocycles. The van der Waals surface area contributed by atoms with Gasteiger partial charge in [0.2, 0.25) is 0 Å². The van der Waals surface area contributed by atoms with E-state index in [1.807, 2.05) is 48.5 Å². The van der Waals surface area contributed by atoms with Crippen LogP contribution in [0.1, 0.15) is 0 Å². The maximum atomic E-state index is 10.7. The van der Waals surface area contributed by atoms with Crippen molar-refractivity contribution in [3.63, 3.8) is 0 Å². The number of benzene rings is 2. The molecule has 0 amide bonds. The van der Waals surface area contributed by atoms with Gasteiger partial charge in [-0.2, -0.15) is 0 Å². The number of aromatic hydroxyl groups is 2. The van der Waals surface area contributed by atoms with E-state index in [-0.39, 0.29) is 11.5 Å². The minimum atomic E-state index is 0.0540. The van der Waals surface area contributed by atoms with Crippen LogP contribution >= 0.6 is 0 Å². The first-order valence-corrected chi connectivity index (χ1v) is 11.8. The second-order valence-corrected chi connectivity index (χ2v) is 8.45. The number of phenols is 2. The molecule has 0 aliphatic carbocycles. The van der Waals surface area contributed by atoms with Crippen molar-refractivity contribution in [2.75, 3.05) is 10.6 Å². The number of pyridine rings is 2. The lowest BCUT2D eigenvalue weighted by atomic mass is 10.1. The highest BCUT2D eigenvalue weighted by Gasteiger charge is 2.17. The number of nitrogens with one attached hydrogen (secondary N) is 2. The molecule has 0 atom stereocenters. The highest BCUT2D eigenvalue weighted by molar-refractivity contribution is 5.87. The molecule has 0 saturated carbocycles. The molecule has 0 saturated heterocycles. The molecule has 6 rings (SSSR count). The van der Waals surface area contributed by atoms with Crippen molar-refractivity contribution in [1.29, 1.82) is 0 Å². The Bertz CT molecular complexity index is 1570. The number of hydrogen-bond donors (Lipinski definition) is 4. The van der Waals surface area contributed by atoms with E-state index in [1.165, 1.54) is 6.33 Å². The highest BCUT2D eigenvalue weighted by atomic mass is 16.3. The first-order chi connectivity index (χ1) is 18.7. The van der Waals surface area contributed by atoms with Gasteiger partial charge in [0.25, 0.3) is 0 Å². The topological polar surface area (TPSA) is 129 Å². The van der Waals surface area contributed by atoms with Gasteiger partial charge in [-0.3, -0.25) is 15.0 Å². The Morgan fingerprint density at radius 1 is 0.553 bits per heavy atom. The Hall–Kier alpha value is -5.57. The van der Waals surface area contributed by atoms with Crippen LogP contribution in [0.25, 0.3) is 33.6 Å². The molecule has 0 bridgehead atoms. The Labute approximate surface area is 217 Å². The van der Waals surface area contributed by atoms with Gasteiger partial charge in [-0.25, -0.2) is 9.97 Å². The van der Waals surface area contributed by atoms with Crippen molar-refractivity contribution in [2.45, 2.75) is 0 Å². The van der Waals surface area contributed by atoms with Gasteiger partial charge in [0.05, 0.1) is 22.8 Å². The molecule has 0 spiro atoms. The van der Waals surface area contributed by atoms with Crippen LogP contribution in [0.5, 0.6) is 11.5 Å². The Morgan fingerprint density at radius 3 is 1.47 bits per heavy atom. The van der Waals surface area contributed by atoms with Crippen LogP contribution in [-0.2, 0) is 0 Å². The summed E-state index contributed by atoms with van der Waals surface area (Å²) in [7, 11) is 0. The van der Waals surface area contributed by atoms with Crippen molar-refractivity contribution >= 4 is 23.0 Å². The van der Waals surface area contributed by atoms with Gasteiger partial charge in [-0.05, 0) is 48.5 Å². The summed E-state index contributed by atoms with van der Waals surface area (Å²) in [5.74, 6) is 1.04. The Morgan fingerprint density at radius 2 is 1.05 bits per heavy atom. The second-order valence-electron chi connectivity index (χ2n) is 8.45. The lowest BCUT2D eigenvalue weighted by Crippen LogP contribution is -1.96. The van der Waals surface area contributed by atoms with Crippen molar-refractivity contribution in [1.82, 2.24) is 24.9 Å². The molecule has 9 heteroatoms. The number of nitrogens with zero attached hydrogens (tertiary/aromatic N) is 5. The van der Waals surface area contributed by atoms with Gasteiger partial charge in [0, 0.05) is 47.0 Å². The summed E-state index contributed by atoms with van der Waals surface area (Å²) in [5.41, 5.74) is 5.43. The fourth-order valence-corrected chi connectivity index (χ4v) is 4.10. The van der Waals surface area contributed by atoms with E-state index in [0.29, 0.717) is 34.1 Å². The molecule has 0 fully saturated rings. The van der Waals surface area contributed by atoms with E-state index in [1.54, 1.807) is 49.1 Å². The van der Waals surface area contributed by atoms with Crippen molar-refractivity contribution in [3.05, 3.63) is 104 Å². The zero-order valence-electron chi connectivity index (χ0n) is 19.9. The molecule has 0 unspecified atom stereocenters. The van der Waals surface area contributed by atoms with Gasteiger partial charge in [0.1, 0.15) is 29.5 Å². The SMILES string of the molecule is Oc1cc(-c2ccccn2)ccc1Nc1ncnc(Nc2ccc(-c3ccccn3)cc2O)c2cncc1-2. The third-order valence-corrected chi connectivity index (χ3v) is 6.00. The first-order valence-electron chi connectivity index (χ1n) is 11.8. The Balaban J connectivity index is 1.27. The van der Waals surface area contributed by atoms with Crippen LogP contribution in [0.4, 0.5) is 23.0 Å². The van der Waals surface area contributed by atoms with Gasteiger partial charge in [0.15, 0.2) is 0 Å². The minimum Gasteiger partial charge on any atom is -0.506 e. The number of phenolic OH excluding ortho intramolecular Hbond substituents is 2. The van der Waals surface area contributed by atoms with E-state index in [0.717, 1.165) is 22.5 Å². The van der Waals surface area contributed by atoms with E-state index < -0.39 is 0 Å². The number of hydrogen-bond acceptors (Lipinski definition) is 9. The van der Waals surface area contributed by atoms with E-state index in [9.17, 15) is 10.2 Å². The average Bonchev–Trinajstić information content (AvgIpc) is 3.38. The molecular weight excluding hydrogens is 478 g/mol. The van der Waals surface area contributed by atoms with Gasteiger partial charge >= 0.3 is 0 Å². The molecule has 2 aromatic carbocycles. The molecule has 2 aromatic heterocycles. The summed E-state index contributed by atoms with van der Waals surface area (Å²) in [6.07, 6.45) is 8.16. The van der Waals surface area contributed by atoms with Crippen LogP contribution in [0.15, 0.2) is 104 Å². The molecule has 38 heavy (non-hydrogen) atoms. The number of fused-ring (bicyclic) bond motifs is 1. The highest BCUT2D eigenvalue weighted by Crippen LogP contribution is 2.38. The monoisotopic (exact) mass is 499 g/mol. The summed E-state index contributed by atoms with van der Waals surface area (Å²) >= 11 is 0.